The molecular weight excluding hydrogens is 216 g/mol. The van der Waals surface area contributed by atoms with Crippen LogP contribution in [0.5, 0.6) is 0 Å². The summed E-state index contributed by atoms with van der Waals surface area (Å²) in [5, 5.41) is 0. The van der Waals surface area contributed by atoms with Crippen LogP contribution in [0, 0.1) is 11.5 Å². The van der Waals surface area contributed by atoms with Crippen molar-refractivity contribution in [1.82, 2.24) is 0 Å². The third kappa shape index (κ3) is 3.83. The van der Waals surface area contributed by atoms with Gasteiger partial charge in [-0.25, -0.2) is 0 Å². The second-order valence-corrected chi connectivity index (χ2v) is 9.27. The Kier molecular flexibility index (Phi) is 3.81. The van der Waals surface area contributed by atoms with Crippen LogP contribution >= 0.6 is 0 Å². The average Bonchev–Trinajstić information content (AvgIpc) is 2.25. The molecule has 0 heterocycles. The van der Waals surface area contributed by atoms with E-state index in [2.05, 4.69) is 11.5 Å². The van der Waals surface area contributed by atoms with Gasteiger partial charge in [-0.3, -0.25) is 9.59 Å². The Bertz CT molecular complexity index is 458. The Morgan fingerprint density at radius 2 is 1.62 bits per heavy atom. The number of rotatable bonds is 2. The predicted octanol–water partition coefficient (Wildman–Crippen LogP) is 2.32. The third-order valence-corrected chi connectivity index (χ3v) is 2.67. The fraction of sp³-hybridized carbons (Fsp3) is 0.231. The summed E-state index contributed by atoms with van der Waals surface area (Å²) >= 11 is 0. The highest BCUT2D eigenvalue weighted by atomic mass is 28.3. The third-order valence-electron chi connectivity index (χ3n) is 1.79. The lowest BCUT2D eigenvalue weighted by Crippen LogP contribution is -2.19. The van der Waals surface area contributed by atoms with Crippen LogP contribution in [0.3, 0.4) is 0 Å². The molecule has 0 saturated heterocycles. The molecule has 0 fully saturated rings. The van der Waals surface area contributed by atoms with Crippen molar-refractivity contribution in [2.75, 3.05) is 0 Å². The molecule has 3 heteroatoms. The van der Waals surface area contributed by atoms with Gasteiger partial charge in [0.15, 0.2) is 0 Å². The molecule has 0 radical (unpaired) electrons. The van der Waals surface area contributed by atoms with E-state index in [1.807, 2.05) is 19.6 Å². The lowest BCUT2D eigenvalue weighted by atomic mass is 10.1. The fourth-order valence-corrected chi connectivity index (χ4v) is 1.51. The van der Waals surface area contributed by atoms with Gasteiger partial charge in [0.05, 0.1) is 0 Å². The number of hydrogen-bond acceptors (Lipinski definition) is 2. The molecule has 0 aliphatic rings. The highest BCUT2D eigenvalue weighted by molar-refractivity contribution is 6.84. The van der Waals surface area contributed by atoms with E-state index in [9.17, 15) is 9.59 Å². The van der Waals surface area contributed by atoms with Gasteiger partial charge in [-0.05, 0) is 5.92 Å². The van der Waals surface area contributed by atoms with E-state index in [1.165, 1.54) is 0 Å². The summed E-state index contributed by atoms with van der Waals surface area (Å²) in [5.74, 6) is 1.31. The van der Waals surface area contributed by atoms with Crippen molar-refractivity contribution in [1.29, 1.82) is 0 Å². The zero-order chi connectivity index (χ0) is 12.2. The molecule has 1 aromatic carbocycles. The summed E-state index contributed by atoms with van der Waals surface area (Å²) < 4.78 is 0. The molecule has 0 aliphatic heterocycles. The van der Waals surface area contributed by atoms with Crippen LogP contribution in [-0.4, -0.2) is 19.6 Å². The number of carbonyl (C=O) groups is 2. The van der Waals surface area contributed by atoms with E-state index in [4.69, 9.17) is 0 Å². The maximum absolute atomic E-state index is 11.6. The monoisotopic (exact) mass is 230 g/mol. The molecule has 0 N–H and O–H groups in total. The van der Waals surface area contributed by atoms with E-state index < -0.39 is 19.6 Å². The second-order valence-electron chi connectivity index (χ2n) is 4.52. The fourth-order valence-electron chi connectivity index (χ4n) is 1.02. The first-order chi connectivity index (χ1) is 7.40. The molecule has 0 aromatic heterocycles. The summed E-state index contributed by atoms with van der Waals surface area (Å²) in [6.07, 6.45) is 0. The number of Topliss-reactive ketones (excluding diaryl/α,β-unsaturated/α-hetero) is 2. The van der Waals surface area contributed by atoms with Gasteiger partial charge in [-0.1, -0.05) is 50.0 Å². The van der Waals surface area contributed by atoms with Crippen LogP contribution in [0.15, 0.2) is 30.3 Å². The first-order valence-electron chi connectivity index (χ1n) is 5.07. The van der Waals surface area contributed by atoms with Crippen molar-refractivity contribution in [3.05, 3.63) is 35.9 Å². The van der Waals surface area contributed by atoms with Crippen molar-refractivity contribution < 1.29 is 9.59 Å². The average molecular weight is 230 g/mol. The van der Waals surface area contributed by atoms with E-state index in [0.29, 0.717) is 5.56 Å². The minimum Gasteiger partial charge on any atom is -0.284 e. The van der Waals surface area contributed by atoms with Gasteiger partial charge in [0.2, 0.25) is 5.78 Å². The molecule has 82 valence electrons. The largest absolute Gasteiger partial charge is 0.284 e. The van der Waals surface area contributed by atoms with Crippen LogP contribution in [0.25, 0.3) is 0 Å². The Morgan fingerprint density at radius 1 is 1.06 bits per heavy atom. The Labute approximate surface area is 96.7 Å². The Hall–Kier alpha value is -1.66. The summed E-state index contributed by atoms with van der Waals surface area (Å²) in [5.41, 5.74) is 3.29. The number of carbonyl (C=O) groups excluding carboxylic acids is 2. The maximum Gasteiger partial charge on any atom is 0.275 e. The summed E-state index contributed by atoms with van der Waals surface area (Å²) in [4.78, 5) is 23.1. The Morgan fingerprint density at radius 3 is 2.12 bits per heavy atom. The van der Waals surface area contributed by atoms with E-state index >= 15 is 0 Å². The highest BCUT2D eigenvalue weighted by Gasteiger charge is 2.14. The van der Waals surface area contributed by atoms with Gasteiger partial charge in [0.25, 0.3) is 5.78 Å². The summed E-state index contributed by atoms with van der Waals surface area (Å²) in [7, 11) is -1.60. The number of benzene rings is 1. The summed E-state index contributed by atoms with van der Waals surface area (Å²) in [6.45, 7) is 6.08. The van der Waals surface area contributed by atoms with Crippen molar-refractivity contribution in [3.63, 3.8) is 0 Å². The minimum atomic E-state index is -1.60. The molecule has 0 bridgehead atoms. The normalized spacial score (nSPS) is 10.2. The topological polar surface area (TPSA) is 34.1 Å². The summed E-state index contributed by atoms with van der Waals surface area (Å²) in [6, 6.07) is 8.50. The molecule has 0 amide bonds. The van der Waals surface area contributed by atoms with Crippen molar-refractivity contribution in [3.8, 4) is 11.5 Å². The second kappa shape index (κ2) is 4.91. The molecule has 0 unspecified atom stereocenters. The van der Waals surface area contributed by atoms with E-state index in [0.717, 1.165) is 0 Å². The van der Waals surface area contributed by atoms with Crippen LogP contribution in [0.4, 0.5) is 0 Å². The smallest absolute Gasteiger partial charge is 0.275 e. The van der Waals surface area contributed by atoms with Crippen molar-refractivity contribution in [2.24, 2.45) is 0 Å². The van der Waals surface area contributed by atoms with Crippen LogP contribution in [-0.2, 0) is 4.79 Å². The number of ketones is 2. The lowest BCUT2D eigenvalue weighted by molar-refractivity contribution is -0.110. The molecule has 16 heavy (non-hydrogen) atoms. The zero-order valence-corrected chi connectivity index (χ0v) is 10.7. The molecule has 0 spiro atoms. The molecular formula is C13H14O2Si. The molecule has 0 saturated carbocycles. The van der Waals surface area contributed by atoms with Crippen LogP contribution < -0.4 is 0 Å². The molecule has 0 aliphatic carbocycles. The number of hydrogen-bond donors (Lipinski definition) is 0. The first-order valence-corrected chi connectivity index (χ1v) is 8.57. The quantitative estimate of drug-likeness (QED) is 0.338. The van der Waals surface area contributed by atoms with Gasteiger partial charge in [-0.15, -0.1) is 5.54 Å². The SMILES string of the molecule is C[Si](C)(C)C#CC(=O)C(=O)c1ccccc1. The van der Waals surface area contributed by atoms with Gasteiger partial charge in [0.1, 0.15) is 8.07 Å². The van der Waals surface area contributed by atoms with E-state index in [1.54, 1.807) is 30.3 Å². The van der Waals surface area contributed by atoms with Crippen molar-refractivity contribution >= 4 is 19.6 Å². The standard InChI is InChI=1S/C13H14O2Si/c1-16(2,3)10-9-12(14)13(15)11-7-5-4-6-8-11/h4-8H,1-3H3. The highest BCUT2D eigenvalue weighted by Crippen LogP contribution is 2.01. The molecule has 1 rings (SSSR count). The van der Waals surface area contributed by atoms with E-state index in [-0.39, 0.29) is 0 Å². The van der Waals surface area contributed by atoms with Gasteiger partial charge >= 0.3 is 0 Å². The molecule has 2 nitrogen and oxygen atoms in total. The predicted molar refractivity (Wildman–Crippen MR) is 66.9 cm³/mol. The molecule has 0 atom stereocenters. The van der Waals surface area contributed by atoms with Crippen LogP contribution in [0.1, 0.15) is 10.4 Å². The van der Waals surface area contributed by atoms with Gasteiger partial charge in [-0.2, -0.15) is 0 Å². The molecule has 1 aromatic rings. The van der Waals surface area contributed by atoms with Crippen LogP contribution in [0.2, 0.25) is 19.6 Å². The first kappa shape index (κ1) is 12.4. The van der Waals surface area contributed by atoms with Crippen molar-refractivity contribution in [2.45, 2.75) is 19.6 Å². The lowest BCUT2D eigenvalue weighted by Gasteiger charge is -2.02. The zero-order valence-electron chi connectivity index (χ0n) is 9.70. The van der Waals surface area contributed by atoms with Gasteiger partial charge < -0.3 is 0 Å². The minimum absolute atomic E-state index is 0.400. The maximum atomic E-state index is 11.6. The van der Waals surface area contributed by atoms with Gasteiger partial charge in [0, 0.05) is 5.56 Å². The Balaban J connectivity index is 2.84.